The van der Waals surface area contributed by atoms with Crippen LogP contribution in [0.25, 0.3) is 0 Å². The molecule has 0 amide bonds. The van der Waals surface area contributed by atoms with Gasteiger partial charge in [-0.05, 0) is 52.7 Å². The number of likely N-dealkylation sites (N-methyl/N-ethyl adjacent to an activating group) is 1. The predicted molar refractivity (Wildman–Crippen MR) is 88.6 cm³/mol. The number of nitrogens with one attached hydrogen (secondary N) is 1. The fraction of sp³-hybridized carbons (Fsp3) is 0.250. The van der Waals surface area contributed by atoms with E-state index in [9.17, 15) is 4.39 Å². The van der Waals surface area contributed by atoms with Crippen LogP contribution in [0.1, 0.15) is 17.0 Å². The highest BCUT2D eigenvalue weighted by atomic mass is 79.9. The van der Waals surface area contributed by atoms with Gasteiger partial charge in [-0.15, -0.1) is 0 Å². The standard InChI is InChI=1S/C16H16Br2FN/c1-20-10-12(13-6-2-3-7-14(13)17)9-11-5-4-8-15(19)16(11)18/h2-8,12,20H,9-10H2,1H3. The Morgan fingerprint density at radius 2 is 1.85 bits per heavy atom. The van der Waals surface area contributed by atoms with Crippen LogP contribution >= 0.6 is 31.9 Å². The van der Waals surface area contributed by atoms with Crippen LogP contribution in [0.5, 0.6) is 0 Å². The van der Waals surface area contributed by atoms with Crippen molar-refractivity contribution in [3.63, 3.8) is 0 Å². The molecule has 0 aliphatic carbocycles. The first kappa shape index (κ1) is 15.7. The molecule has 2 rings (SSSR count). The Bertz CT molecular complexity index is 586. The van der Waals surface area contributed by atoms with E-state index in [1.807, 2.05) is 31.3 Å². The summed E-state index contributed by atoms with van der Waals surface area (Å²) in [5, 5.41) is 3.22. The average Bonchev–Trinajstić information content (AvgIpc) is 2.44. The van der Waals surface area contributed by atoms with Gasteiger partial charge in [-0.3, -0.25) is 0 Å². The quantitative estimate of drug-likeness (QED) is 0.752. The second-order valence-electron chi connectivity index (χ2n) is 4.69. The van der Waals surface area contributed by atoms with Crippen LogP contribution in [0.3, 0.4) is 0 Å². The normalized spacial score (nSPS) is 12.4. The van der Waals surface area contributed by atoms with Gasteiger partial charge in [0.2, 0.25) is 0 Å². The molecule has 1 nitrogen and oxygen atoms in total. The molecule has 0 saturated heterocycles. The molecule has 0 saturated carbocycles. The van der Waals surface area contributed by atoms with Gasteiger partial charge in [-0.25, -0.2) is 4.39 Å². The minimum absolute atomic E-state index is 0.210. The number of hydrogen-bond donors (Lipinski definition) is 1. The molecule has 0 spiro atoms. The predicted octanol–water partition coefficient (Wildman–Crippen LogP) is 4.90. The molecule has 0 aromatic heterocycles. The van der Waals surface area contributed by atoms with Crippen LogP contribution in [0.15, 0.2) is 51.4 Å². The third-order valence-corrected chi connectivity index (χ3v) is 4.90. The maximum Gasteiger partial charge on any atom is 0.137 e. The number of benzene rings is 2. The lowest BCUT2D eigenvalue weighted by molar-refractivity contribution is 0.601. The first-order valence-electron chi connectivity index (χ1n) is 6.45. The van der Waals surface area contributed by atoms with E-state index in [0.717, 1.165) is 23.0 Å². The lowest BCUT2D eigenvalue weighted by Crippen LogP contribution is -2.19. The van der Waals surface area contributed by atoms with Gasteiger partial charge in [0.1, 0.15) is 5.82 Å². The summed E-state index contributed by atoms with van der Waals surface area (Å²) < 4.78 is 15.3. The van der Waals surface area contributed by atoms with Crippen molar-refractivity contribution in [2.45, 2.75) is 12.3 Å². The van der Waals surface area contributed by atoms with E-state index >= 15 is 0 Å². The molecular weight excluding hydrogens is 385 g/mol. The highest BCUT2D eigenvalue weighted by Gasteiger charge is 2.16. The molecule has 106 valence electrons. The smallest absolute Gasteiger partial charge is 0.137 e. The van der Waals surface area contributed by atoms with Crippen molar-refractivity contribution >= 4 is 31.9 Å². The van der Waals surface area contributed by atoms with E-state index in [1.54, 1.807) is 6.07 Å². The van der Waals surface area contributed by atoms with Gasteiger partial charge in [-0.2, -0.15) is 0 Å². The molecule has 0 aliphatic heterocycles. The van der Waals surface area contributed by atoms with Crippen LogP contribution in [0, 0.1) is 5.82 Å². The highest BCUT2D eigenvalue weighted by molar-refractivity contribution is 9.10. The van der Waals surface area contributed by atoms with Crippen molar-refractivity contribution < 1.29 is 4.39 Å². The topological polar surface area (TPSA) is 12.0 Å². The Morgan fingerprint density at radius 3 is 2.55 bits per heavy atom. The molecule has 1 N–H and O–H groups in total. The van der Waals surface area contributed by atoms with Crippen LogP contribution < -0.4 is 5.32 Å². The van der Waals surface area contributed by atoms with Gasteiger partial charge in [-0.1, -0.05) is 46.3 Å². The van der Waals surface area contributed by atoms with Crippen LogP contribution in [0.2, 0.25) is 0 Å². The Kier molecular flexibility index (Phi) is 5.75. The van der Waals surface area contributed by atoms with Crippen molar-refractivity contribution in [1.82, 2.24) is 5.32 Å². The van der Waals surface area contributed by atoms with Gasteiger partial charge in [0, 0.05) is 16.9 Å². The highest BCUT2D eigenvalue weighted by Crippen LogP contribution is 2.30. The Labute approximate surface area is 135 Å². The van der Waals surface area contributed by atoms with E-state index in [1.165, 1.54) is 11.6 Å². The largest absolute Gasteiger partial charge is 0.319 e. The van der Waals surface area contributed by atoms with Crippen LogP contribution in [0.4, 0.5) is 4.39 Å². The Morgan fingerprint density at radius 1 is 1.10 bits per heavy atom. The molecular formula is C16H16Br2FN. The van der Waals surface area contributed by atoms with E-state index < -0.39 is 0 Å². The molecule has 0 aliphatic rings. The summed E-state index contributed by atoms with van der Waals surface area (Å²) >= 11 is 6.94. The molecule has 0 fully saturated rings. The molecule has 1 unspecified atom stereocenters. The van der Waals surface area contributed by atoms with E-state index in [-0.39, 0.29) is 11.7 Å². The average molecular weight is 401 g/mol. The summed E-state index contributed by atoms with van der Waals surface area (Å²) in [6.07, 6.45) is 0.780. The summed E-state index contributed by atoms with van der Waals surface area (Å²) in [6.45, 7) is 0.839. The first-order chi connectivity index (χ1) is 9.63. The summed E-state index contributed by atoms with van der Waals surface area (Å²) in [7, 11) is 1.93. The molecule has 4 heteroatoms. The number of halogens is 3. The minimum Gasteiger partial charge on any atom is -0.319 e. The summed E-state index contributed by atoms with van der Waals surface area (Å²) in [4.78, 5) is 0. The molecule has 1 atom stereocenters. The van der Waals surface area contributed by atoms with Crippen molar-refractivity contribution in [2.75, 3.05) is 13.6 Å². The van der Waals surface area contributed by atoms with E-state index in [2.05, 4.69) is 43.2 Å². The molecule has 0 radical (unpaired) electrons. The summed E-state index contributed by atoms with van der Waals surface area (Å²) in [5.41, 5.74) is 2.22. The van der Waals surface area contributed by atoms with Gasteiger partial charge < -0.3 is 5.32 Å². The van der Waals surface area contributed by atoms with Crippen molar-refractivity contribution in [2.24, 2.45) is 0 Å². The summed E-state index contributed by atoms with van der Waals surface area (Å²) in [6, 6.07) is 13.4. The first-order valence-corrected chi connectivity index (χ1v) is 8.04. The van der Waals surface area contributed by atoms with E-state index in [0.29, 0.717) is 4.47 Å². The monoisotopic (exact) mass is 399 g/mol. The molecule has 20 heavy (non-hydrogen) atoms. The number of hydrogen-bond acceptors (Lipinski definition) is 1. The Balaban J connectivity index is 2.31. The maximum atomic E-state index is 13.6. The second kappa shape index (κ2) is 7.34. The molecule has 0 bridgehead atoms. The lowest BCUT2D eigenvalue weighted by Gasteiger charge is -2.19. The van der Waals surface area contributed by atoms with Crippen molar-refractivity contribution in [3.05, 3.63) is 68.4 Å². The van der Waals surface area contributed by atoms with Crippen LogP contribution in [-0.2, 0) is 6.42 Å². The lowest BCUT2D eigenvalue weighted by atomic mass is 9.92. The van der Waals surface area contributed by atoms with Crippen molar-refractivity contribution in [1.29, 1.82) is 0 Å². The van der Waals surface area contributed by atoms with Gasteiger partial charge in [0.25, 0.3) is 0 Å². The SMILES string of the molecule is CNCC(Cc1cccc(F)c1Br)c1ccccc1Br. The molecule has 2 aromatic carbocycles. The minimum atomic E-state index is -0.210. The third-order valence-electron chi connectivity index (χ3n) is 3.29. The fourth-order valence-electron chi connectivity index (χ4n) is 2.32. The zero-order chi connectivity index (χ0) is 14.5. The third kappa shape index (κ3) is 3.68. The van der Waals surface area contributed by atoms with Crippen molar-refractivity contribution in [3.8, 4) is 0 Å². The fourth-order valence-corrected chi connectivity index (χ4v) is 3.35. The molecule has 0 heterocycles. The van der Waals surface area contributed by atoms with Gasteiger partial charge in [0.15, 0.2) is 0 Å². The zero-order valence-electron chi connectivity index (χ0n) is 11.2. The molecule has 2 aromatic rings. The van der Waals surface area contributed by atoms with Crippen LogP contribution in [-0.4, -0.2) is 13.6 Å². The second-order valence-corrected chi connectivity index (χ2v) is 6.34. The summed E-state index contributed by atoms with van der Waals surface area (Å²) in [5.74, 6) is 0.0755. The zero-order valence-corrected chi connectivity index (χ0v) is 14.3. The van der Waals surface area contributed by atoms with Gasteiger partial charge >= 0.3 is 0 Å². The van der Waals surface area contributed by atoms with E-state index in [4.69, 9.17) is 0 Å². The number of rotatable bonds is 5. The Hall–Kier alpha value is -0.710. The maximum absolute atomic E-state index is 13.6. The van der Waals surface area contributed by atoms with Gasteiger partial charge in [0.05, 0.1) is 4.47 Å².